The van der Waals surface area contributed by atoms with Gasteiger partial charge < -0.3 is 4.74 Å². The average molecular weight is 343 g/mol. The van der Waals surface area contributed by atoms with Crippen molar-refractivity contribution in [2.24, 2.45) is 0 Å². The fraction of sp³-hybridized carbons (Fsp3) is 0.0909. The molecule has 2 aromatic heterocycles. The van der Waals surface area contributed by atoms with Crippen LogP contribution in [0.4, 0.5) is 5.69 Å². The summed E-state index contributed by atoms with van der Waals surface area (Å²) >= 11 is 4.24. The van der Waals surface area contributed by atoms with Crippen molar-refractivity contribution in [1.29, 1.82) is 0 Å². The van der Waals surface area contributed by atoms with Gasteiger partial charge in [0.2, 0.25) is 0 Å². The van der Waals surface area contributed by atoms with Crippen molar-refractivity contribution >= 4 is 38.9 Å². The molecule has 0 saturated carbocycles. The smallest absolute Gasteiger partial charge is 0.348 e. The van der Waals surface area contributed by atoms with Crippen molar-refractivity contribution < 1.29 is 14.5 Å². The Morgan fingerprint density at radius 3 is 2.89 bits per heavy atom. The number of carbonyl (C=O) groups excluding carboxylic acids is 1. The third-order valence-electron chi connectivity index (χ3n) is 2.26. The highest BCUT2D eigenvalue weighted by Gasteiger charge is 2.20. The summed E-state index contributed by atoms with van der Waals surface area (Å²) in [5.41, 5.74) is 0.112. The van der Waals surface area contributed by atoms with Crippen LogP contribution in [0.25, 0.3) is 10.6 Å². The van der Waals surface area contributed by atoms with Crippen LogP contribution in [0.2, 0.25) is 0 Å². The summed E-state index contributed by atoms with van der Waals surface area (Å²) in [7, 11) is 1.28. The minimum Gasteiger partial charge on any atom is -0.465 e. The average Bonchev–Trinajstić information content (AvgIpc) is 2.87. The number of aromatic nitrogens is 1. The van der Waals surface area contributed by atoms with E-state index >= 15 is 0 Å². The molecular weight excluding hydrogens is 336 g/mol. The standard InChI is InChI=1S/C11H7BrN2O4S/c1-18-11(15)9-3-2-8(19-9)10-7(14(16)17)4-6(12)5-13-10/h2-5H,1H3. The molecule has 0 aliphatic rings. The Balaban J connectivity index is 2.50. The van der Waals surface area contributed by atoms with E-state index < -0.39 is 10.9 Å². The Morgan fingerprint density at radius 1 is 1.53 bits per heavy atom. The molecule has 0 spiro atoms. The van der Waals surface area contributed by atoms with E-state index in [-0.39, 0.29) is 11.4 Å². The molecule has 0 aliphatic heterocycles. The number of rotatable bonds is 3. The Kier molecular flexibility index (Phi) is 3.91. The van der Waals surface area contributed by atoms with Crippen LogP contribution in [-0.4, -0.2) is 23.0 Å². The van der Waals surface area contributed by atoms with Gasteiger partial charge in [0, 0.05) is 16.7 Å². The lowest BCUT2D eigenvalue weighted by molar-refractivity contribution is -0.384. The predicted octanol–water partition coefficient (Wildman–Crippen LogP) is 3.27. The van der Waals surface area contributed by atoms with Gasteiger partial charge in [0.25, 0.3) is 5.69 Å². The highest BCUT2D eigenvalue weighted by molar-refractivity contribution is 9.10. The molecule has 0 unspecified atom stereocenters. The van der Waals surface area contributed by atoms with Gasteiger partial charge in [0.1, 0.15) is 4.88 Å². The second kappa shape index (κ2) is 5.45. The van der Waals surface area contributed by atoms with E-state index in [9.17, 15) is 14.9 Å². The second-order valence-corrected chi connectivity index (χ2v) is 5.43. The molecule has 0 saturated heterocycles. The largest absolute Gasteiger partial charge is 0.465 e. The summed E-state index contributed by atoms with van der Waals surface area (Å²) in [6.45, 7) is 0. The molecule has 0 aromatic carbocycles. The van der Waals surface area contributed by atoms with Gasteiger partial charge in [-0.2, -0.15) is 0 Å². The Morgan fingerprint density at radius 2 is 2.26 bits per heavy atom. The number of methoxy groups -OCH3 is 1. The number of hydrogen-bond acceptors (Lipinski definition) is 6. The van der Waals surface area contributed by atoms with Gasteiger partial charge in [-0.05, 0) is 28.1 Å². The van der Waals surface area contributed by atoms with Crippen molar-refractivity contribution in [3.63, 3.8) is 0 Å². The first-order valence-corrected chi connectivity index (χ1v) is 6.62. The SMILES string of the molecule is COC(=O)c1ccc(-c2ncc(Br)cc2[N+](=O)[O-])s1. The fourth-order valence-electron chi connectivity index (χ4n) is 1.43. The van der Waals surface area contributed by atoms with Crippen molar-refractivity contribution in [3.8, 4) is 10.6 Å². The van der Waals surface area contributed by atoms with Gasteiger partial charge in [0.15, 0.2) is 5.69 Å². The van der Waals surface area contributed by atoms with Crippen molar-refractivity contribution in [3.05, 3.63) is 43.9 Å². The molecule has 0 atom stereocenters. The molecule has 2 heterocycles. The third-order valence-corrected chi connectivity index (χ3v) is 3.76. The highest BCUT2D eigenvalue weighted by atomic mass is 79.9. The van der Waals surface area contributed by atoms with Crippen molar-refractivity contribution in [2.75, 3.05) is 7.11 Å². The van der Waals surface area contributed by atoms with E-state index in [0.29, 0.717) is 14.2 Å². The number of pyridine rings is 1. The van der Waals surface area contributed by atoms with Gasteiger partial charge in [-0.1, -0.05) is 0 Å². The molecule has 19 heavy (non-hydrogen) atoms. The molecule has 0 amide bonds. The molecule has 6 nitrogen and oxygen atoms in total. The summed E-state index contributed by atoms with van der Waals surface area (Å²) < 4.78 is 5.11. The van der Waals surface area contributed by atoms with Crippen molar-refractivity contribution in [1.82, 2.24) is 4.98 Å². The van der Waals surface area contributed by atoms with Crippen LogP contribution in [0.5, 0.6) is 0 Å². The molecule has 0 aliphatic carbocycles. The second-order valence-electron chi connectivity index (χ2n) is 3.43. The molecule has 2 rings (SSSR count). The topological polar surface area (TPSA) is 82.3 Å². The maximum atomic E-state index is 11.4. The van der Waals surface area contributed by atoms with E-state index in [2.05, 4.69) is 25.7 Å². The van der Waals surface area contributed by atoms with Crippen molar-refractivity contribution in [2.45, 2.75) is 0 Å². The van der Waals surface area contributed by atoms with E-state index in [1.807, 2.05) is 0 Å². The first kappa shape index (κ1) is 13.6. The lowest BCUT2D eigenvalue weighted by Gasteiger charge is -1.99. The van der Waals surface area contributed by atoms with Gasteiger partial charge in [-0.3, -0.25) is 10.1 Å². The van der Waals surface area contributed by atoms with E-state index in [0.717, 1.165) is 11.3 Å². The van der Waals surface area contributed by atoms with Gasteiger partial charge in [-0.25, -0.2) is 9.78 Å². The molecule has 0 radical (unpaired) electrons. The summed E-state index contributed by atoms with van der Waals surface area (Å²) in [6, 6.07) is 4.54. The summed E-state index contributed by atoms with van der Waals surface area (Å²) in [5.74, 6) is -0.476. The predicted molar refractivity (Wildman–Crippen MR) is 73.2 cm³/mol. The number of hydrogen-bond donors (Lipinski definition) is 0. The molecule has 0 fully saturated rings. The zero-order valence-electron chi connectivity index (χ0n) is 9.62. The van der Waals surface area contributed by atoms with Gasteiger partial charge in [-0.15, -0.1) is 11.3 Å². The zero-order chi connectivity index (χ0) is 14.0. The highest BCUT2D eigenvalue weighted by Crippen LogP contribution is 2.34. The molecule has 0 N–H and O–H groups in total. The van der Waals surface area contributed by atoms with Crippen LogP contribution >= 0.6 is 27.3 Å². The van der Waals surface area contributed by atoms with Crippen LogP contribution in [0.15, 0.2) is 28.9 Å². The first-order chi connectivity index (χ1) is 9.02. The van der Waals surface area contributed by atoms with Crippen LogP contribution in [0, 0.1) is 10.1 Å². The number of ether oxygens (including phenoxy) is 1. The summed E-state index contributed by atoms with van der Waals surface area (Å²) in [4.78, 5) is 26.8. The Hall–Kier alpha value is -1.80. The minimum absolute atomic E-state index is 0.118. The zero-order valence-corrected chi connectivity index (χ0v) is 12.0. The van der Waals surface area contributed by atoms with E-state index in [1.165, 1.54) is 19.4 Å². The minimum atomic E-state index is -0.509. The third kappa shape index (κ3) is 2.79. The molecule has 98 valence electrons. The van der Waals surface area contributed by atoms with Gasteiger partial charge >= 0.3 is 5.97 Å². The lowest BCUT2D eigenvalue weighted by Crippen LogP contribution is -1.96. The number of nitro groups is 1. The maximum Gasteiger partial charge on any atom is 0.348 e. The van der Waals surface area contributed by atoms with Crippen LogP contribution in [0.3, 0.4) is 0 Å². The monoisotopic (exact) mass is 342 g/mol. The van der Waals surface area contributed by atoms with Gasteiger partial charge in [0.05, 0.1) is 16.9 Å². The number of halogens is 1. The van der Waals surface area contributed by atoms with E-state index in [4.69, 9.17) is 0 Å². The number of thiophene rings is 1. The lowest BCUT2D eigenvalue weighted by atomic mass is 10.2. The molecule has 0 bridgehead atoms. The molecule has 8 heteroatoms. The molecule has 2 aromatic rings. The quantitative estimate of drug-likeness (QED) is 0.485. The number of carbonyl (C=O) groups is 1. The van der Waals surface area contributed by atoms with Crippen LogP contribution in [0.1, 0.15) is 9.67 Å². The maximum absolute atomic E-state index is 11.4. The van der Waals surface area contributed by atoms with E-state index in [1.54, 1.807) is 12.1 Å². The first-order valence-electron chi connectivity index (χ1n) is 5.01. The van der Waals surface area contributed by atoms with Crippen LogP contribution < -0.4 is 0 Å². The summed E-state index contributed by atoms with van der Waals surface area (Å²) in [5, 5.41) is 11.0. The molecular formula is C11H7BrN2O4S. The summed E-state index contributed by atoms with van der Waals surface area (Å²) in [6.07, 6.45) is 1.47. The normalized spacial score (nSPS) is 10.2. The van der Waals surface area contributed by atoms with Crippen LogP contribution in [-0.2, 0) is 4.74 Å². The Labute approximate surface area is 120 Å². The Bertz CT molecular complexity index is 656. The number of nitrogens with zero attached hydrogens (tertiary/aromatic N) is 2. The number of esters is 1. The fourth-order valence-corrected chi connectivity index (χ4v) is 2.68.